The molecule has 0 aliphatic heterocycles. The second-order valence-electron chi connectivity index (χ2n) is 3.68. The van der Waals surface area contributed by atoms with Crippen LogP contribution in [0.1, 0.15) is 12.0 Å². The minimum atomic E-state index is -5.52. The lowest BCUT2D eigenvalue weighted by molar-refractivity contribution is -0.0542. The van der Waals surface area contributed by atoms with E-state index in [0.717, 1.165) is 5.56 Å². The van der Waals surface area contributed by atoms with E-state index in [-0.39, 0.29) is 6.42 Å². The minimum absolute atomic E-state index is 0.107. The van der Waals surface area contributed by atoms with E-state index in [1.807, 2.05) is 0 Å². The molecule has 6 nitrogen and oxygen atoms in total. The Hall–Kier alpha value is -1.77. The average molecular weight is 309 g/mol. The minimum Gasteiger partial charge on any atom is -0.263 e. The number of aryl methyl sites for hydroxylation is 1. The molecule has 0 unspecified atom stereocenters. The summed E-state index contributed by atoms with van der Waals surface area (Å²) < 4.78 is 60.9. The summed E-state index contributed by atoms with van der Waals surface area (Å²) in [7, 11) is -5.52. The van der Waals surface area contributed by atoms with Crippen LogP contribution in [0.25, 0.3) is 10.4 Å². The monoisotopic (exact) mass is 309 g/mol. The van der Waals surface area contributed by atoms with Gasteiger partial charge in [-0.15, -0.1) is 0 Å². The summed E-state index contributed by atoms with van der Waals surface area (Å²) in [4.78, 5) is 2.59. The molecule has 0 bridgehead atoms. The lowest BCUT2D eigenvalue weighted by Gasteiger charge is -2.08. The summed E-state index contributed by atoms with van der Waals surface area (Å²) in [5, 5.41) is 3.36. The van der Waals surface area contributed by atoms with Crippen LogP contribution in [0, 0.1) is 0 Å². The van der Waals surface area contributed by atoms with Gasteiger partial charge in [-0.3, -0.25) is 4.18 Å². The van der Waals surface area contributed by atoms with Crippen LogP contribution >= 0.6 is 0 Å². The maximum atomic E-state index is 11.9. The van der Waals surface area contributed by atoms with Gasteiger partial charge in [0.05, 0.1) is 6.61 Å². The number of halogens is 3. The van der Waals surface area contributed by atoms with E-state index in [9.17, 15) is 21.6 Å². The van der Waals surface area contributed by atoms with Gasteiger partial charge < -0.3 is 0 Å². The van der Waals surface area contributed by atoms with Crippen LogP contribution in [0.5, 0.6) is 0 Å². The van der Waals surface area contributed by atoms with E-state index in [1.54, 1.807) is 24.3 Å². The Morgan fingerprint density at radius 3 is 2.35 bits per heavy atom. The highest BCUT2D eigenvalue weighted by Gasteiger charge is 2.47. The molecule has 1 aromatic rings. The van der Waals surface area contributed by atoms with Crippen molar-refractivity contribution in [2.75, 3.05) is 6.61 Å². The lowest BCUT2D eigenvalue weighted by atomic mass is 10.1. The summed E-state index contributed by atoms with van der Waals surface area (Å²) in [6.45, 7) is -0.556. The molecule has 1 rings (SSSR count). The van der Waals surface area contributed by atoms with Gasteiger partial charge in [0.25, 0.3) is 0 Å². The zero-order valence-electron chi connectivity index (χ0n) is 10.0. The van der Waals surface area contributed by atoms with Gasteiger partial charge in [0.15, 0.2) is 0 Å². The Labute approximate surface area is 112 Å². The van der Waals surface area contributed by atoms with Crippen molar-refractivity contribution in [2.24, 2.45) is 5.11 Å². The number of rotatable bonds is 6. The highest BCUT2D eigenvalue weighted by Crippen LogP contribution is 2.24. The number of hydrogen-bond acceptors (Lipinski definition) is 4. The van der Waals surface area contributed by atoms with Gasteiger partial charge in [-0.2, -0.15) is 21.6 Å². The van der Waals surface area contributed by atoms with Crippen LogP contribution in [0.15, 0.2) is 29.4 Å². The van der Waals surface area contributed by atoms with Gasteiger partial charge in [0.2, 0.25) is 0 Å². The molecule has 110 valence electrons. The molecule has 0 aromatic heterocycles. The lowest BCUT2D eigenvalue weighted by Crippen LogP contribution is -2.25. The van der Waals surface area contributed by atoms with Crippen LogP contribution in [-0.2, 0) is 20.7 Å². The van der Waals surface area contributed by atoms with Crippen molar-refractivity contribution >= 4 is 15.8 Å². The molecular weight excluding hydrogens is 299 g/mol. The van der Waals surface area contributed by atoms with E-state index in [2.05, 4.69) is 14.2 Å². The topological polar surface area (TPSA) is 92.1 Å². The Morgan fingerprint density at radius 1 is 1.25 bits per heavy atom. The first-order valence-corrected chi connectivity index (χ1v) is 6.77. The standard InChI is InChI=1S/C10H10F3N3O3S/c11-10(12,13)20(17,18)19-7-1-2-8-3-5-9(6-4-8)15-16-14/h3-6H,1-2,7H2. The normalized spacial score (nSPS) is 11.9. The zero-order valence-corrected chi connectivity index (χ0v) is 10.9. The largest absolute Gasteiger partial charge is 0.523 e. The third-order valence-electron chi connectivity index (χ3n) is 2.23. The summed E-state index contributed by atoms with van der Waals surface area (Å²) in [5.41, 5.74) is 3.97. The first-order chi connectivity index (χ1) is 9.26. The van der Waals surface area contributed by atoms with Crippen LogP contribution in [-0.4, -0.2) is 20.5 Å². The summed E-state index contributed by atoms with van der Waals surface area (Å²) in [5.74, 6) is 0. The highest BCUT2D eigenvalue weighted by molar-refractivity contribution is 7.87. The third kappa shape index (κ3) is 4.72. The molecule has 0 aliphatic carbocycles. The molecule has 0 N–H and O–H groups in total. The Kier molecular flexibility index (Phi) is 5.37. The van der Waals surface area contributed by atoms with Crippen molar-refractivity contribution in [3.05, 3.63) is 40.3 Å². The predicted octanol–water partition coefficient (Wildman–Crippen LogP) is 3.43. The molecule has 0 amide bonds. The molecule has 0 spiro atoms. The van der Waals surface area contributed by atoms with Crippen molar-refractivity contribution < 1.29 is 25.8 Å². The van der Waals surface area contributed by atoms with Gasteiger partial charge >= 0.3 is 15.6 Å². The van der Waals surface area contributed by atoms with Crippen molar-refractivity contribution in [3.8, 4) is 0 Å². The molecule has 10 heteroatoms. The molecule has 0 saturated carbocycles. The molecule has 0 heterocycles. The molecular formula is C10H10F3N3O3S. The Bertz CT molecular complexity index is 592. The van der Waals surface area contributed by atoms with Crippen molar-refractivity contribution in [1.82, 2.24) is 0 Å². The van der Waals surface area contributed by atoms with E-state index >= 15 is 0 Å². The van der Waals surface area contributed by atoms with Crippen molar-refractivity contribution in [3.63, 3.8) is 0 Å². The van der Waals surface area contributed by atoms with E-state index < -0.39 is 22.2 Å². The van der Waals surface area contributed by atoms with E-state index in [4.69, 9.17) is 5.53 Å². The first kappa shape index (κ1) is 16.3. The van der Waals surface area contributed by atoms with Gasteiger partial charge in [0, 0.05) is 10.6 Å². The molecule has 0 saturated heterocycles. The Balaban J connectivity index is 2.44. The van der Waals surface area contributed by atoms with Crippen LogP contribution in [0.4, 0.5) is 18.9 Å². The maximum absolute atomic E-state index is 11.9. The number of alkyl halides is 3. The number of azide groups is 1. The molecule has 0 aliphatic rings. The molecule has 0 atom stereocenters. The van der Waals surface area contributed by atoms with E-state index in [1.165, 1.54) is 0 Å². The molecule has 1 aromatic carbocycles. The second kappa shape index (κ2) is 6.60. The molecule has 20 heavy (non-hydrogen) atoms. The predicted molar refractivity (Wildman–Crippen MR) is 64.5 cm³/mol. The quantitative estimate of drug-likeness (QED) is 0.201. The van der Waals surface area contributed by atoms with Crippen molar-refractivity contribution in [2.45, 2.75) is 18.3 Å². The fraction of sp³-hybridized carbons (Fsp3) is 0.400. The van der Waals surface area contributed by atoms with Gasteiger partial charge in [-0.25, -0.2) is 0 Å². The maximum Gasteiger partial charge on any atom is 0.523 e. The summed E-state index contributed by atoms with van der Waals surface area (Å²) in [6.07, 6.45) is 0.445. The van der Waals surface area contributed by atoms with E-state index in [0.29, 0.717) is 12.1 Å². The van der Waals surface area contributed by atoms with Gasteiger partial charge in [0.1, 0.15) is 0 Å². The second-order valence-corrected chi connectivity index (χ2v) is 5.29. The molecule has 0 radical (unpaired) electrons. The average Bonchev–Trinajstić information content (AvgIpc) is 2.35. The van der Waals surface area contributed by atoms with Crippen molar-refractivity contribution in [1.29, 1.82) is 0 Å². The first-order valence-electron chi connectivity index (χ1n) is 5.36. The van der Waals surface area contributed by atoms with Crippen LogP contribution in [0.3, 0.4) is 0 Å². The summed E-state index contributed by atoms with van der Waals surface area (Å²) in [6, 6.07) is 6.34. The smallest absolute Gasteiger partial charge is 0.263 e. The zero-order chi connectivity index (χ0) is 15.2. The molecule has 0 fully saturated rings. The highest BCUT2D eigenvalue weighted by atomic mass is 32.2. The number of nitrogens with zero attached hydrogens (tertiary/aromatic N) is 3. The number of hydrogen-bond donors (Lipinski definition) is 0. The van der Waals surface area contributed by atoms with Crippen LogP contribution < -0.4 is 0 Å². The summed E-state index contributed by atoms with van der Waals surface area (Å²) >= 11 is 0. The Morgan fingerprint density at radius 2 is 1.85 bits per heavy atom. The third-order valence-corrected chi connectivity index (χ3v) is 3.27. The van der Waals surface area contributed by atoms with Gasteiger partial charge in [-0.1, -0.05) is 29.4 Å². The van der Waals surface area contributed by atoms with Crippen LogP contribution in [0.2, 0.25) is 0 Å². The SMILES string of the molecule is [N-]=[N+]=Nc1ccc(CCCOS(=O)(=O)C(F)(F)F)cc1. The fourth-order valence-corrected chi connectivity index (χ4v) is 1.76. The fourth-order valence-electron chi connectivity index (χ4n) is 1.29. The van der Waals surface area contributed by atoms with Gasteiger partial charge in [-0.05, 0) is 23.9 Å². The number of benzene rings is 1.